The maximum Gasteiger partial charge on any atom is 0.180 e. The van der Waals surface area contributed by atoms with Crippen molar-refractivity contribution < 1.29 is 0 Å². The van der Waals surface area contributed by atoms with Crippen LogP contribution < -0.4 is 5.73 Å². The summed E-state index contributed by atoms with van der Waals surface area (Å²) in [5.74, 6) is 0. The lowest BCUT2D eigenvalue weighted by molar-refractivity contribution is 0.199. The summed E-state index contributed by atoms with van der Waals surface area (Å²) in [7, 11) is 4.27. The molecule has 0 spiro atoms. The summed E-state index contributed by atoms with van der Waals surface area (Å²) in [6, 6.07) is 0.679. The first kappa shape index (κ1) is 11.8. The summed E-state index contributed by atoms with van der Waals surface area (Å²) in [6.45, 7) is 3.28. The van der Waals surface area contributed by atoms with Crippen molar-refractivity contribution in [1.82, 2.24) is 14.8 Å². The number of nitrogens with zero attached hydrogens (tertiary/aromatic N) is 3. The molecule has 1 aliphatic heterocycles. The van der Waals surface area contributed by atoms with E-state index in [2.05, 4.69) is 34.3 Å². The number of anilines is 1. The third-order valence-electron chi connectivity index (χ3n) is 3.01. The predicted octanol–water partition coefficient (Wildman–Crippen LogP) is 1.25. The normalized spacial score (nSPS) is 22.1. The van der Waals surface area contributed by atoms with Crippen LogP contribution in [0.3, 0.4) is 0 Å². The molecule has 0 bridgehead atoms. The van der Waals surface area contributed by atoms with Crippen LogP contribution in [0.2, 0.25) is 0 Å². The van der Waals surface area contributed by atoms with Gasteiger partial charge < -0.3 is 10.6 Å². The Morgan fingerprint density at radius 3 is 3.06 bits per heavy atom. The number of hydrogen-bond acceptors (Lipinski definition) is 5. The smallest absolute Gasteiger partial charge is 0.180 e. The molecule has 0 aromatic carbocycles. The fourth-order valence-corrected chi connectivity index (χ4v) is 2.89. The quantitative estimate of drug-likeness (QED) is 0.860. The molecule has 90 valence electrons. The topological polar surface area (TPSA) is 45.4 Å². The van der Waals surface area contributed by atoms with Gasteiger partial charge in [-0.2, -0.15) is 0 Å². The highest BCUT2D eigenvalue weighted by atomic mass is 32.1. The third-order valence-corrected chi connectivity index (χ3v) is 3.73. The van der Waals surface area contributed by atoms with E-state index < -0.39 is 0 Å². The molecule has 0 aliphatic carbocycles. The number of nitrogen functional groups attached to an aromatic ring is 1. The van der Waals surface area contributed by atoms with Crippen molar-refractivity contribution in [2.45, 2.75) is 25.4 Å². The summed E-state index contributed by atoms with van der Waals surface area (Å²) in [5, 5.41) is 2.75. The predicted molar refractivity (Wildman–Crippen MR) is 68.5 cm³/mol. The van der Waals surface area contributed by atoms with E-state index in [0.29, 0.717) is 11.2 Å². The molecule has 1 saturated heterocycles. The lowest BCUT2D eigenvalue weighted by Crippen LogP contribution is -2.37. The van der Waals surface area contributed by atoms with Crippen LogP contribution >= 0.6 is 11.3 Å². The Bertz CT molecular complexity index is 336. The molecule has 1 aliphatic rings. The van der Waals surface area contributed by atoms with Crippen molar-refractivity contribution in [1.29, 1.82) is 0 Å². The van der Waals surface area contributed by atoms with Crippen LogP contribution in [0.25, 0.3) is 0 Å². The van der Waals surface area contributed by atoms with Gasteiger partial charge in [0.1, 0.15) is 0 Å². The Kier molecular flexibility index (Phi) is 3.78. The maximum atomic E-state index is 5.65. The van der Waals surface area contributed by atoms with E-state index in [9.17, 15) is 0 Å². The second-order valence-corrected chi connectivity index (χ2v) is 5.60. The van der Waals surface area contributed by atoms with E-state index in [1.807, 2.05) is 0 Å². The molecular formula is C11H20N4S. The van der Waals surface area contributed by atoms with Gasteiger partial charge in [0, 0.05) is 24.5 Å². The Labute approximate surface area is 101 Å². The zero-order chi connectivity index (χ0) is 11.5. The fraction of sp³-hybridized carbons (Fsp3) is 0.727. The van der Waals surface area contributed by atoms with Crippen LogP contribution in [0.15, 0.2) is 5.38 Å². The third kappa shape index (κ3) is 2.93. The van der Waals surface area contributed by atoms with E-state index in [-0.39, 0.29) is 0 Å². The Morgan fingerprint density at radius 1 is 1.62 bits per heavy atom. The number of aromatic nitrogens is 1. The second kappa shape index (κ2) is 5.12. The van der Waals surface area contributed by atoms with Crippen molar-refractivity contribution in [3.63, 3.8) is 0 Å². The molecule has 16 heavy (non-hydrogen) atoms. The van der Waals surface area contributed by atoms with Crippen molar-refractivity contribution in [2.24, 2.45) is 0 Å². The highest BCUT2D eigenvalue weighted by Crippen LogP contribution is 2.21. The van der Waals surface area contributed by atoms with Gasteiger partial charge >= 0.3 is 0 Å². The lowest BCUT2D eigenvalue weighted by atomic mass is 10.2. The zero-order valence-corrected chi connectivity index (χ0v) is 10.8. The van der Waals surface area contributed by atoms with Gasteiger partial charge in [0.25, 0.3) is 0 Å². The Hall–Kier alpha value is -0.650. The average Bonchev–Trinajstić information content (AvgIpc) is 2.77. The van der Waals surface area contributed by atoms with Crippen molar-refractivity contribution >= 4 is 16.5 Å². The minimum atomic E-state index is 0.679. The monoisotopic (exact) mass is 240 g/mol. The molecule has 1 aromatic heterocycles. The van der Waals surface area contributed by atoms with Gasteiger partial charge in [-0.1, -0.05) is 0 Å². The number of hydrogen-bond donors (Lipinski definition) is 1. The number of likely N-dealkylation sites (N-methyl/N-ethyl adjacent to an activating group) is 1. The Morgan fingerprint density at radius 2 is 2.44 bits per heavy atom. The molecule has 0 amide bonds. The first-order valence-electron chi connectivity index (χ1n) is 5.74. The van der Waals surface area contributed by atoms with Gasteiger partial charge in [0.05, 0.1) is 5.69 Å². The molecule has 4 nitrogen and oxygen atoms in total. The van der Waals surface area contributed by atoms with E-state index in [1.54, 1.807) is 0 Å². The second-order valence-electron chi connectivity index (χ2n) is 4.71. The number of nitrogens with two attached hydrogens (primary N) is 1. The summed E-state index contributed by atoms with van der Waals surface area (Å²) >= 11 is 1.53. The largest absolute Gasteiger partial charge is 0.375 e. The molecule has 1 unspecified atom stereocenters. The summed E-state index contributed by atoms with van der Waals surface area (Å²) in [4.78, 5) is 9.11. The molecule has 1 aromatic rings. The summed E-state index contributed by atoms with van der Waals surface area (Å²) in [6.07, 6.45) is 2.61. The van der Waals surface area contributed by atoms with E-state index in [1.165, 1.54) is 30.7 Å². The molecule has 1 atom stereocenters. The number of rotatable bonds is 4. The van der Waals surface area contributed by atoms with E-state index in [0.717, 1.165) is 18.8 Å². The van der Waals surface area contributed by atoms with Gasteiger partial charge in [-0.25, -0.2) is 4.98 Å². The standard InChI is InChI=1S/C11H20N4S/c1-14(2)7-10-4-3-5-15(10)6-9-8-16-11(12)13-9/h8,10H,3-7H2,1-2H3,(H2,12,13). The van der Waals surface area contributed by atoms with Crippen LogP contribution in [0.1, 0.15) is 18.5 Å². The molecule has 2 N–H and O–H groups in total. The van der Waals surface area contributed by atoms with Crippen molar-refractivity contribution in [2.75, 3.05) is 32.9 Å². The molecule has 2 rings (SSSR count). The van der Waals surface area contributed by atoms with Crippen molar-refractivity contribution in [3.05, 3.63) is 11.1 Å². The summed E-state index contributed by atoms with van der Waals surface area (Å²) < 4.78 is 0. The number of likely N-dealkylation sites (tertiary alicyclic amines) is 1. The van der Waals surface area contributed by atoms with Crippen LogP contribution in [0.5, 0.6) is 0 Å². The highest BCUT2D eigenvalue weighted by Gasteiger charge is 2.25. The van der Waals surface area contributed by atoms with Crippen LogP contribution in [-0.4, -0.2) is 48.0 Å². The van der Waals surface area contributed by atoms with Gasteiger partial charge in [-0.05, 0) is 33.5 Å². The first-order chi connectivity index (χ1) is 7.65. The lowest BCUT2D eigenvalue weighted by Gasteiger charge is -2.26. The van der Waals surface area contributed by atoms with Gasteiger partial charge in [0.15, 0.2) is 5.13 Å². The minimum absolute atomic E-state index is 0.679. The van der Waals surface area contributed by atoms with Gasteiger partial charge in [-0.3, -0.25) is 4.90 Å². The first-order valence-corrected chi connectivity index (χ1v) is 6.62. The van der Waals surface area contributed by atoms with Crippen LogP contribution in [-0.2, 0) is 6.54 Å². The molecule has 5 heteroatoms. The number of thiazole rings is 1. The minimum Gasteiger partial charge on any atom is -0.375 e. The van der Waals surface area contributed by atoms with Crippen molar-refractivity contribution in [3.8, 4) is 0 Å². The maximum absolute atomic E-state index is 5.65. The van der Waals surface area contributed by atoms with E-state index >= 15 is 0 Å². The molecule has 2 heterocycles. The van der Waals surface area contributed by atoms with Crippen LogP contribution in [0.4, 0.5) is 5.13 Å². The van der Waals surface area contributed by atoms with E-state index in [4.69, 9.17) is 5.73 Å². The molecule has 0 radical (unpaired) electrons. The zero-order valence-electron chi connectivity index (χ0n) is 10.0. The summed E-state index contributed by atoms with van der Waals surface area (Å²) in [5.41, 5.74) is 6.77. The Balaban J connectivity index is 1.93. The van der Waals surface area contributed by atoms with Gasteiger partial charge in [-0.15, -0.1) is 11.3 Å². The molecule has 0 saturated carbocycles. The van der Waals surface area contributed by atoms with Gasteiger partial charge in [0.2, 0.25) is 0 Å². The molecule has 1 fully saturated rings. The average molecular weight is 240 g/mol. The fourth-order valence-electron chi connectivity index (χ4n) is 2.33. The van der Waals surface area contributed by atoms with Crippen LogP contribution in [0, 0.1) is 0 Å². The molecular weight excluding hydrogens is 220 g/mol. The SMILES string of the molecule is CN(C)CC1CCCN1Cc1csc(N)n1. The highest BCUT2D eigenvalue weighted by molar-refractivity contribution is 7.13.